The normalized spacial score (nSPS) is 19.7. The van der Waals surface area contributed by atoms with Crippen LogP contribution in [-0.4, -0.2) is 5.60 Å². The van der Waals surface area contributed by atoms with Crippen LogP contribution in [-0.2, 0) is 6.54 Å². The summed E-state index contributed by atoms with van der Waals surface area (Å²) in [6.45, 7) is 4.68. The lowest BCUT2D eigenvalue weighted by Crippen LogP contribution is -2.39. The molecule has 3 heteroatoms. The second-order valence-corrected chi connectivity index (χ2v) is 6.13. The zero-order valence-corrected chi connectivity index (χ0v) is 12.4. The third-order valence-electron chi connectivity index (χ3n) is 3.87. The monoisotopic (exact) mass is 285 g/mol. The van der Waals surface area contributed by atoms with Gasteiger partial charge in [0, 0.05) is 30.1 Å². The van der Waals surface area contributed by atoms with Crippen LogP contribution in [0.4, 0.5) is 4.39 Å². The van der Waals surface area contributed by atoms with E-state index in [9.17, 15) is 4.39 Å². The summed E-state index contributed by atoms with van der Waals surface area (Å²) in [6, 6.07) is 15.1. The van der Waals surface area contributed by atoms with Crippen LogP contribution in [0.3, 0.4) is 0 Å². The maximum absolute atomic E-state index is 13.7. The summed E-state index contributed by atoms with van der Waals surface area (Å²) in [6.07, 6.45) is 0.860. The molecule has 1 unspecified atom stereocenters. The third kappa shape index (κ3) is 3.08. The Kier molecular flexibility index (Phi) is 3.68. The molecule has 1 atom stereocenters. The summed E-state index contributed by atoms with van der Waals surface area (Å²) in [5, 5.41) is 3.47. The van der Waals surface area contributed by atoms with Gasteiger partial charge >= 0.3 is 0 Å². The number of fused-ring (bicyclic) bond motifs is 1. The first-order valence-corrected chi connectivity index (χ1v) is 7.30. The SMILES string of the molecule is CC1(C)CC(NCc2ccccc2F)c2ccccc2O1. The number of hydrogen-bond acceptors (Lipinski definition) is 2. The maximum Gasteiger partial charge on any atom is 0.127 e. The van der Waals surface area contributed by atoms with Gasteiger partial charge in [-0.1, -0.05) is 36.4 Å². The summed E-state index contributed by atoms with van der Waals surface area (Å²) in [5.74, 6) is 0.754. The Balaban J connectivity index is 1.80. The summed E-state index contributed by atoms with van der Waals surface area (Å²) < 4.78 is 19.7. The van der Waals surface area contributed by atoms with Crippen molar-refractivity contribution in [3.63, 3.8) is 0 Å². The van der Waals surface area contributed by atoms with Crippen LogP contribution in [0.5, 0.6) is 5.75 Å². The van der Waals surface area contributed by atoms with Crippen molar-refractivity contribution < 1.29 is 9.13 Å². The van der Waals surface area contributed by atoms with E-state index in [-0.39, 0.29) is 17.5 Å². The fourth-order valence-electron chi connectivity index (χ4n) is 2.86. The molecule has 1 aliphatic rings. The smallest absolute Gasteiger partial charge is 0.127 e. The van der Waals surface area contributed by atoms with Crippen LogP contribution in [0, 0.1) is 5.82 Å². The van der Waals surface area contributed by atoms with Crippen molar-refractivity contribution >= 4 is 0 Å². The van der Waals surface area contributed by atoms with Crippen LogP contribution < -0.4 is 10.1 Å². The molecule has 0 bridgehead atoms. The minimum Gasteiger partial charge on any atom is -0.487 e. The van der Waals surface area contributed by atoms with Crippen molar-refractivity contribution in [2.45, 2.75) is 38.5 Å². The minimum absolute atomic E-state index is 0.162. The highest BCUT2D eigenvalue weighted by atomic mass is 19.1. The summed E-state index contributed by atoms with van der Waals surface area (Å²) in [4.78, 5) is 0. The Morgan fingerprint density at radius 2 is 1.86 bits per heavy atom. The van der Waals surface area contributed by atoms with E-state index < -0.39 is 0 Å². The van der Waals surface area contributed by atoms with Gasteiger partial charge in [0.1, 0.15) is 17.2 Å². The molecule has 1 N–H and O–H groups in total. The Morgan fingerprint density at radius 1 is 1.14 bits per heavy atom. The molecule has 3 rings (SSSR count). The molecule has 0 spiro atoms. The molecule has 0 aromatic heterocycles. The van der Waals surface area contributed by atoms with Crippen molar-refractivity contribution in [2.24, 2.45) is 0 Å². The topological polar surface area (TPSA) is 21.3 Å². The number of nitrogens with one attached hydrogen (secondary N) is 1. The number of rotatable bonds is 3. The molecule has 1 aliphatic heterocycles. The molecule has 0 saturated carbocycles. The van der Waals surface area contributed by atoms with E-state index in [4.69, 9.17) is 4.74 Å². The van der Waals surface area contributed by atoms with Gasteiger partial charge in [0.15, 0.2) is 0 Å². The van der Waals surface area contributed by atoms with Gasteiger partial charge in [-0.2, -0.15) is 0 Å². The Morgan fingerprint density at radius 3 is 2.67 bits per heavy atom. The summed E-state index contributed by atoms with van der Waals surface area (Å²) in [5.41, 5.74) is 1.62. The fourth-order valence-corrected chi connectivity index (χ4v) is 2.86. The van der Waals surface area contributed by atoms with Crippen LogP contribution in [0.1, 0.15) is 37.4 Å². The van der Waals surface area contributed by atoms with E-state index in [0.717, 1.165) is 17.7 Å². The van der Waals surface area contributed by atoms with Gasteiger partial charge < -0.3 is 10.1 Å². The highest BCUT2D eigenvalue weighted by Crippen LogP contribution is 2.39. The van der Waals surface area contributed by atoms with E-state index in [1.165, 1.54) is 6.07 Å². The Bertz CT molecular complexity index is 639. The number of hydrogen-bond donors (Lipinski definition) is 1. The predicted octanol–water partition coefficient (Wildman–Crippen LogP) is 4.22. The van der Waals surface area contributed by atoms with Crippen molar-refractivity contribution in [3.05, 3.63) is 65.5 Å². The van der Waals surface area contributed by atoms with Crippen molar-refractivity contribution in [3.8, 4) is 5.75 Å². The Labute approximate surface area is 125 Å². The molecule has 1 heterocycles. The van der Waals surface area contributed by atoms with Crippen LogP contribution in [0.25, 0.3) is 0 Å². The number of halogens is 1. The summed E-state index contributed by atoms with van der Waals surface area (Å²) >= 11 is 0. The van der Waals surface area contributed by atoms with E-state index in [1.807, 2.05) is 30.3 Å². The van der Waals surface area contributed by atoms with E-state index in [1.54, 1.807) is 6.07 Å². The lowest BCUT2D eigenvalue weighted by molar-refractivity contribution is 0.0657. The van der Waals surface area contributed by atoms with Crippen LogP contribution in [0.2, 0.25) is 0 Å². The van der Waals surface area contributed by atoms with Gasteiger partial charge in [-0.05, 0) is 26.0 Å². The highest BCUT2D eigenvalue weighted by Gasteiger charge is 2.33. The zero-order valence-electron chi connectivity index (χ0n) is 12.4. The predicted molar refractivity (Wildman–Crippen MR) is 81.7 cm³/mol. The molecule has 2 aromatic carbocycles. The molecule has 0 saturated heterocycles. The molecule has 21 heavy (non-hydrogen) atoms. The fraction of sp³-hybridized carbons (Fsp3) is 0.333. The molecular formula is C18H20FNO. The molecule has 0 aliphatic carbocycles. The second-order valence-electron chi connectivity index (χ2n) is 6.13. The third-order valence-corrected chi connectivity index (χ3v) is 3.87. The van der Waals surface area contributed by atoms with E-state index >= 15 is 0 Å². The Hall–Kier alpha value is -1.87. The van der Waals surface area contributed by atoms with Gasteiger partial charge in [-0.25, -0.2) is 4.39 Å². The lowest BCUT2D eigenvalue weighted by atomic mass is 9.89. The van der Waals surface area contributed by atoms with Gasteiger partial charge in [0.25, 0.3) is 0 Å². The minimum atomic E-state index is -0.221. The van der Waals surface area contributed by atoms with Gasteiger partial charge in [-0.3, -0.25) is 0 Å². The molecule has 110 valence electrons. The summed E-state index contributed by atoms with van der Waals surface area (Å²) in [7, 11) is 0. The van der Waals surface area contributed by atoms with E-state index in [2.05, 4.69) is 25.2 Å². The first-order valence-electron chi connectivity index (χ1n) is 7.30. The van der Waals surface area contributed by atoms with Crippen molar-refractivity contribution in [1.82, 2.24) is 5.32 Å². The lowest BCUT2D eigenvalue weighted by Gasteiger charge is -2.38. The molecule has 0 amide bonds. The largest absolute Gasteiger partial charge is 0.487 e. The number of para-hydroxylation sites is 1. The zero-order chi connectivity index (χ0) is 14.9. The second kappa shape index (κ2) is 5.49. The molecular weight excluding hydrogens is 265 g/mol. The maximum atomic E-state index is 13.7. The quantitative estimate of drug-likeness (QED) is 0.911. The molecule has 0 radical (unpaired) electrons. The first-order chi connectivity index (χ1) is 10.1. The highest BCUT2D eigenvalue weighted by molar-refractivity contribution is 5.38. The molecule has 2 nitrogen and oxygen atoms in total. The van der Waals surface area contributed by atoms with E-state index in [0.29, 0.717) is 12.1 Å². The van der Waals surface area contributed by atoms with Crippen LogP contribution >= 0.6 is 0 Å². The average molecular weight is 285 g/mol. The average Bonchev–Trinajstić information content (AvgIpc) is 2.45. The van der Waals surface area contributed by atoms with Gasteiger partial charge in [0.2, 0.25) is 0 Å². The van der Waals surface area contributed by atoms with Crippen molar-refractivity contribution in [2.75, 3.05) is 0 Å². The van der Waals surface area contributed by atoms with Gasteiger partial charge in [0.05, 0.1) is 0 Å². The van der Waals surface area contributed by atoms with Gasteiger partial charge in [-0.15, -0.1) is 0 Å². The first kappa shape index (κ1) is 14.1. The van der Waals surface area contributed by atoms with Crippen molar-refractivity contribution in [1.29, 1.82) is 0 Å². The van der Waals surface area contributed by atoms with Crippen LogP contribution in [0.15, 0.2) is 48.5 Å². The molecule has 2 aromatic rings. The number of benzene rings is 2. The standard InChI is InChI=1S/C18H20FNO/c1-18(2)11-16(14-8-4-6-10-17(14)21-18)20-12-13-7-3-5-9-15(13)19/h3-10,16,20H,11-12H2,1-2H3. The molecule has 0 fully saturated rings. The number of ether oxygens (including phenoxy) is 1.